The summed E-state index contributed by atoms with van der Waals surface area (Å²) < 4.78 is 16.0. The van der Waals surface area contributed by atoms with Crippen LogP contribution in [0.3, 0.4) is 0 Å². The van der Waals surface area contributed by atoms with E-state index in [1.807, 2.05) is 0 Å². The van der Waals surface area contributed by atoms with Crippen LogP contribution in [-0.4, -0.2) is 21.6 Å². The zero-order valence-corrected chi connectivity index (χ0v) is 16.1. The minimum atomic E-state index is -0.426. The first-order valence-electron chi connectivity index (χ1n) is 8.51. The molecule has 0 N–H and O–H groups in total. The number of anilines is 1. The number of aromatic nitrogens is 2. The van der Waals surface area contributed by atoms with Gasteiger partial charge in [-0.15, -0.1) is 0 Å². The minimum absolute atomic E-state index is 0.104. The molecule has 2 amide bonds. The Morgan fingerprint density at radius 3 is 2.46 bits per heavy atom. The van der Waals surface area contributed by atoms with Gasteiger partial charge in [-0.3, -0.25) is 14.3 Å². The van der Waals surface area contributed by atoms with Gasteiger partial charge in [0.25, 0.3) is 0 Å². The fourth-order valence-corrected chi connectivity index (χ4v) is 4.55. The molecule has 8 heteroatoms. The molecule has 4 rings (SSSR count). The van der Waals surface area contributed by atoms with E-state index < -0.39 is 5.82 Å². The van der Waals surface area contributed by atoms with Crippen LogP contribution in [0.2, 0.25) is 5.02 Å². The van der Waals surface area contributed by atoms with Crippen molar-refractivity contribution in [3.05, 3.63) is 45.3 Å². The normalized spacial score (nSPS) is 22.8. The smallest absolute Gasteiger partial charge is 0.238 e. The third-order valence-electron chi connectivity index (χ3n) is 5.13. The van der Waals surface area contributed by atoms with E-state index in [9.17, 15) is 14.0 Å². The van der Waals surface area contributed by atoms with Gasteiger partial charge in [0.2, 0.25) is 11.8 Å². The molecule has 0 spiro atoms. The highest BCUT2D eigenvalue weighted by Gasteiger charge is 2.50. The first-order chi connectivity index (χ1) is 12.5. The lowest BCUT2D eigenvalue weighted by Gasteiger charge is -2.19. The Bertz CT molecular complexity index is 856. The predicted molar refractivity (Wildman–Crippen MR) is 98.4 cm³/mol. The Balaban J connectivity index is 1.65. The van der Waals surface area contributed by atoms with Crippen molar-refractivity contribution in [1.82, 2.24) is 9.78 Å². The van der Waals surface area contributed by atoms with Crippen LogP contribution in [0, 0.1) is 17.7 Å². The van der Waals surface area contributed by atoms with Crippen LogP contribution in [-0.2, 0) is 16.1 Å². The summed E-state index contributed by atoms with van der Waals surface area (Å²) in [6.07, 6.45) is 5.05. The number of nitrogens with zero attached hydrogens (tertiary/aromatic N) is 3. The lowest BCUT2D eigenvalue weighted by molar-refractivity contribution is -0.122. The Kier molecular flexibility index (Phi) is 4.61. The molecule has 1 aromatic carbocycles. The minimum Gasteiger partial charge on any atom is -0.274 e. The molecule has 1 saturated carbocycles. The molecular formula is C18H16BrClFN3O2. The Morgan fingerprint density at radius 2 is 1.85 bits per heavy atom. The molecule has 2 aromatic rings. The van der Waals surface area contributed by atoms with Crippen LogP contribution in [0.4, 0.5) is 10.2 Å². The summed E-state index contributed by atoms with van der Waals surface area (Å²) in [5.74, 6) is -1.01. The number of fused-ring (bicyclic) bond motifs is 1. The average Bonchev–Trinajstić information content (AvgIpc) is 3.09. The highest BCUT2D eigenvalue weighted by Crippen LogP contribution is 2.41. The topological polar surface area (TPSA) is 55.2 Å². The zero-order valence-electron chi connectivity index (χ0n) is 13.8. The molecule has 1 aliphatic heterocycles. The van der Waals surface area contributed by atoms with Gasteiger partial charge in [0.1, 0.15) is 5.82 Å². The molecule has 1 aliphatic carbocycles. The molecular weight excluding hydrogens is 425 g/mol. The number of hydrogen-bond acceptors (Lipinski definition) is 3. The molecule has 136 valence electrons. The standard InChI is InChI=1S/C18H16BrClFN3O2/c19-13-9-23(8-12-14(20)6-3-7-15(12)21)22-16(13)24-17(25)10-4-1-2-5-11(10)18(24)26/h3,6-7,9-11H,1-2,4-5,8H2/t10-,11+. The van der Waals surface area contributed by atoms with E-state index >= 15 is 0 Å². The fourth-order valence-electron chi connectivity index (χ4n) is 3.84. The van der Waals surface area contributed by atoms with Crippen LogP contribution in [0.5, 0.6) is 0 Å². The zero-order chi connectivity index (χ0) is 18.4. The van der Waals surface area contributed by atoms with E-state index in [1.54, 1.807) is 12.3 Å². The Hall–Kier alpha value is -1.73. The van der Waals surface area contributed by atoms with Crippen molar-refractivity contribution in [2.45, 2.75) is 32.2 Å². The van der Waals surface area contributed by atoms with Gasteiger partial charge in [0.15, 0.2) is 5.82 Å². The predicted octanol–water partition coefficient (Wildman–Crippen LogP) is 4.17. The number of imide groups is 1. The lowest BCUT2D eigenvalue weighted by Crippen LogP contribution is -2.31. The van der Waals surface area contributed by atoms with Crippen LogP contribution in [0.25, 0.3) is 0 Å². The molecule has 26 heavy (non-hydrogen) atoms. The maximum Gasteiger partial charge on any atom is 0.238 e. The third kappa shape index (κ3) is 2.87. The van der Waals surface area contributed by atoms with Gasteiger partial charge >= 0.3 is 0 Å². The first-order valence-corrected chi connectivity index (χ1v) is 9.68. The molecule has 2 atom stereocenters. The van der Waals surface area contributed by atoms with Gasteiger partial charge in [-0.1, -0.05) is 30.5 Å². The van der Waals surface area contributed by atoms with Crippen LogP contribution >= 0.6 is 27.5 Å². The largest absolute Gasteiger partial charge is 0.274 e. The third-order valence-corrected chi connectivity index (χ3v) is 6.05. The molecule has 0 unspecified atom stereocenters. The number of amides is 2. The van der Waals surface area contributed by atoms with Gasteiger partial charge < -0.3 is 0 Å². The van der Waals surface area contributed by atoms with Gasteiger partial charge in [0.05, 0.1) is 22.9 Å². The molecule has 1 saturated heterocycles. The second kappa shape index (κ2) is 6.78. The highest BCUT2D eigenvalue weighted by molar-refractivity contribution is 9.10. The highest BCUT2D eigenvalue weighted by atomic mass is 79.9. The van der Waals surface area contributed by atoms with Crippen molar-refractivity contribution < 1.29 is 14.0 Å². The number of carbonyl (C=O) groups is 2. The van der Waals surface area contributed by atoms with E-state index in [1.165, 1.54) is 21.7 Å². The van der Waals surface area contributed by atoms with Crippen molar-refractivity contribution in [2.24, 2.45) is 11.8 Å². The fraction of sp³-hybridized carbons (Fsp3) is 0.389. The van der Waals surface area contributed by atoms with Gasteiger partial charge in [-0.25, -0.2) is 9.29 Å². The number of rotatable bonds is 3. The van der Waals surface area contributed by atoms with Crippen molar-refractivity contribution in [1.29, 1.82) is 0 Å². The number of halogens is 3. The summed E-state index contributed by atoms with van der Waals surface area (Å²) in [6.45, 7) is 0.104. The molecule has 2 fully saturated rings. The van der Waals surface area contributed by atoms with Gasteiger partial charge in [-0.2, -0.15) is 5.10 Å². The summed E-state index contributed by atoms with van der Waals surface area (Å²) in [6, 6.07) is 4.48. The van der Waals surface area contributed by atoms with Crippen molar-refractivity contribution >= 4 is 45.2 Å². The first kappa shape index (κ1) is 17.7. The van der Waals surface area contributed by atoms with Crippen LogP contribution in [0.1, 0.15) is 31.2 Å². The van der Waals surface area contributed by atoms with Crippen LogP contribution in [0.15, 0.2) is 28.9 Å². The molecule has 2 aliphatic rings. The molecule has 2 heterocycles. The molecule has 0 radical (unpaired) electrons. The number of carbonyl (C=O) groups excluding carboxylic acids is 2. The summed E-state index contributed by atoms with van der Waals surface area (Å²) in [7, 11) is 0. The Labute approximate surface area is 163 Å². The summed E-state index contributed by atoms with van der Waals surface area (Å²) in [5.41, 5.74) is 0.309. The quantitative estimate of drug-likeness (QED) is 0.673. The maximum absolute atomic E-state index is 14.0. The monoisotopic (exact) mass is 439 g/mol. The molecule has 1 aromatic heterocycles. The molecule has 0 bridgehead atoms. The maximum atomic E-state index is 14.0. The SMILES string of the molecule is O=C1[C@H]2CCCC[C@H]2C(=O)N1c1nn(Cc2c(F)cccc2Cl)cc1Br. The number of hydrogen-bond donors (Lipinski definition) is 0. The van der Waals surface area contributed by atoms with E-state index in [2.05, 4.69) is 21.0 Å². The molecule has 5 nitrogen and oxygen atoms in total. The van der Waals surface area contributed by atoms with E-state index in [4.69, 9.17) is 11.6 Å². The van der Waals surface area contributed by atoms with E-state index in [0.717, 1.165) is 25.7 Å². The van der Waals surface area contributed by atoms with E-state index in [-0.39, 0.29) is 36.0 Å². The summed E-state index contributed by atoms with van der Waals surface area (Å²) in [4.78, 5) is 26.6. The lowest BCUT2D eigenvalue weighted by atomic mass is 9.81. The second-order valence-corrected chi connectivity index (χ2v) is 7.97. The van der Waals surface area contributed by atoms with Crippen molar-refractivity contribution in [3.8, 4) is 0 Å². The Morgan fingerprint density at radius 1 is 1.19 bits per heavy atom. The van der Waals surface area contributed by atoms with Crippen molar-refractivity contribution in [2.75, 3.05) is 4.90 Å². The van der Waals surface area contributed by atoms with Gasteiger partial charge in [0, 0.05) is 16.8 Å². The van der Waals surface area contributed by atoms with E-state index in [0.29, 0.717) is 15.1 Å². The average molecular weight is 441 g/mol. The van der Waals surface area contributed by atoms with Crippen molar-refractivity contribution in [3.63, 3.8) is 0 Å². The van der Waals surface area contributed by atoms with Crippen LogP contribution < -0.4 is 4.90 Å². The summed E-state index contributed by atoms with van der Waals surface area (Å²) >= 11 is 9.45. The number of benzene rings is 1. The van der Waals surface area contributed by atoms with Gasteiger partial charge in [-0.05, 0) is 40.9 Å². The summed E-state index contributed by atoms with van der Waals surface area (Å²) in [5, 5.41) is 4.66. The second-order valence-electron chi connectivity index (χ2n) is 6.71.